The van der Waals surface area contributed by atoms with Gasteiger partial charge in [-0.3, -0.25) is 4.90 Å². The maximum atomic E-state index is 5.11. The van der Waals surface area contributed by atoms with E-state index in [1.165, 1.54) is 6.42 Å². The van der Waals surface area contributed by atoms with Gasteiger partial charge in [0, 0.05) is 38.4 Å². The van der Waals surface area contributed by atoms with Gasteiger partial charge in [0.05, 0.1) is 0 Å². The highest BCUT2D eigenvalue weighted by Crippen LogP contribution is 2.15. The Labute approximate surface area is 94.2 Å². The van der Waals surface area contributed by atoms with Gasteiger partial charge in [-0.1, -0.05) is 0 Å². The molecule has 0 aromatic carbocycles. The molecule has 0 aromatic rings. The van der Waals surface area contributed by atoms with E-state index in [0.717, 1.165) is 32.7 Å². The third kappa shape index (κ3) is 4.49. The molecule has 1 aliphatic rings. The molecule has 1 unspecified atom stereocenters. The van der Waals surface area contributed by atoms with Crippen LogP contribution in [-0.2, 0) is 4.74 Å². The molecule has 1 saturated heterocycles. The van der Waals surface area contributed by atoms with Crippen molar-refractivity contribution in [2.75, 3.05) is 33.4 Å². The van der Waals surface area contributed by atoms with Crippen LogP contribution in [0.4, 0.5) is 0 Å². The zero-order chi connectivity index (χ0) is 11.3. The van der Waals surface area contributed by atoms with Gasteiger partial charge in [0.2, 0.25) is 0 Å². The average molecular weight is 214 g/mol. The predicted molar refractivity (Wildman–Crippen MR) is 64.2 cm³/mol. The van der Waals surface area contributed by atoms with E-state index in [9.17, 15) is 0 Å². The number of methoxy groups -OCH3 is 1. The second kappa shape index (κ2) is 5.83. The van der Waals surface area contributed by atoms with Crippen molar-refractivity contribution >= 4 is 0 Å². The lowest BCUT2D eigenvalue weighted by Crippen LogP contribution is -2.47. The first-order valence-electron chi connectivity index (χ1n) is 6.03. The largest absolute Gasteiger partial charge is 0.385 e. The van der Waals surface area contributed by atoms with E-state index in [0.29, 0.717) is 6.04 Å². The fourth-order valence-corrected chi connectivity index (χ4v) is 2.23. The van der Waals surface area contributed by atoms with Gasteiger partial charge in [-0.05, 0) is 40.2 Å². The van der Waals surface area contributed by atoms with E-state index in [-0.39, 0.29) is 5.54 Å². The highest BCUT2D eigenvalue weighted by molar-refractivity contribution is 4.87. The summed E-state index contributed by atoms with van der Waals surface area (Å²) in [5.74, 6) is 0. The second-order valence-corrected chi connectivity index (χ2v) is 5.27. The van der Waals surface area contributed by atoms with Crippen molar-refractivity contribution in [2.24, 2.45) is 0 Å². The zero-order valence-electron chi connectivity index (χ0n) is 10.7. The summed E-state index contributed by atoms with van der Waals surface area (Å²) in [7, 11) is 1.78. The number of hydrogen-bond acceptors (Lipinski definition) is 3. The molecule has 1 heterocycles. The highest BCUT2D eigenvalue weighted by Gasteiger charge is 2.27. The highest BCUT2D eigenvalue weighted by atomic mass is 16.5. The summed E-state index contributed by atoms with van der Waals surface area (Å²) in [6, 6.07) is 0.691. The normalized spacial score (nSPS) is 27.6. The van der Waals surface area contributed by atoms with E-state index in [2.05, 4.69) is 31.0 Å². The Bertz CT molecular complexity index is 182. The van der Waals surface area contributed by atoms with E-state index in [4.69, 9.17) is 4.74 Å². The van der Waals surface area contributed by atoms with E-state index in [1.54, 1.807) is 7.11 Å². The lowest BCUT2D eigenvalue weighted by molar-refractivity contribution is 0.142. The van der Waals surface area contributed by atoms with Crippen LogP contribution in [0.2, 0.25) is 0 Å². The van der Waals surface area contributed by atoms with Crippen LogP contribution < -0.4 is 5.32 Å². The van der Waals surface area contributed by atoms with Crippen LogP contribution >= 0.6 is 0 Å². The van der Waals surface area contributed by atoms with Crippen molar-refractivity contribution in [1.82, 2.24) is 10.2 Å². The summed E-state index contributed by atoms with van der Waals surface area (Å²) in [6.45, 7) is 11.2. The molecule has 0 amide bonds. The number of ether oxygens (including phenoxy) is 1. The lowest BCUT2D eigenvalue weighted by Gasteiger charge is -2.32. The molecule has 15 heavy (non-hydrogen) atoms. The van der Waals surface area contributed by atoms with Crippen LogP contribution in [0.3, 0.4) is 0 Å². The maximum absolute atomic E-state index is 5.11. The summed E-state index contributed by atoms with van der Waals surface area (Å²) in [4.78, 5) is 2.58. The van der Waals surface area contributed by atoms with Gasteiger partial charge in [-0.25, -0.2) is 0 Å². The van der Waals surface area contributed by atoms with Crippen molar-refractivity contribution in [3.05, 3.63) is 0 Å². The third-order valence-electron chi connectivity index (χ3n) is 3.18. The molecule has 0 aliphatic carbocycles. The minimum Gasteiger partial charge on any atom is -0.385 e. The molecule has 0 aromatic heterocycles. The molecule has 3 nitrogen and oxygen atoms in total. The smallest absolute Gasteiger partial charge is 0.0474 e. The Kier molecular flexibility index (Phi) is 5.03. The van der Waals surface area contributed by atoms with Crippen molar-refractivity contribution < 1.29 is 4.74 Å². The third-order valence-corrected chi connectivity index (χ3v) is 3.18. The van der Waals surface area contributed by atoms with Crippen molar-refractivity contribution in [2.45, 2.75) is 45.2 Å². The molecule has 1 fully saturated rings. The van der Waals surface area contributed by atoms with Gasteiger partial charge >= 0.3 is 0 Å². The maximum Gasteiger partial charge on any atom is 0.0474 e. The average Bonchev–Trinajstić information content (AvgIpc) is 2.27. The van der Waals surface area contributed by atoms with Gasteiger partial charge in [0.1, 0.15) is 0 Å². The van der Waals surface area contributed by atoms with Gasteiger partial charge < -0.3 is 10.1 Å². The molecule has 0 bridgehead atoms. The van der Waals surface area contributed by atoms with Crippen molar-refractivity contribution in [3.63, 3.8) is 0 Å². The Hall–Kier alpha value is -0.120. The Morgan fingerprint density at radius 1 is 1.47 bits per heavy atom. The first-order chi connectivity index (χ1) is 7.05. The molecule has 1 aliphatic heterocycles. The Morgan fingerprint density at radius 3 is 2.87 bits per heavy atom. The minimum atomic E-state index is 0.248. The summed E-state index contributed by atoms with van der Waals surface area (Å²) in [5, 5.41) is 3.60. The van der Waals surface area contributed by atoms with Gasteiger partial charge in [-0.2, -0.15) is 0 Å². The Morgan fingerprint density at radius 2 is 2.20 bits per heavy atom. The van der Waals surface area contributed by atoms with Crippen LogP contribution in [0.15, 0.2) is 0 Å². The topological polar surface area (TPSA) is 24.5 Å². The zero-order valence-corrected chi connectivity index (χ0v) is 10.7. The summed E-state index contributed by atoms with van der Waals surface area (Å²) >= 11 is 0. The first-order valence-corrected chi connectivity index (χ1v) is 6.03. The monoisotopic (exact) mass is 214 g/mol. The van der Waals surface area contributed by atoms with Gasteiger partial charge in [-0.15, -0.1) is 0 Å². The predicted octanol–water partition coefficient (Wildman–Crippen LogP) is 1.49. The Balaban J connectivity index is 2.43. The van der Waals surface area contributed by atoms with E-state index >= 15 is 0 Å². The fourth-order valence-electron chi connectivity index (χ4n) is 2.23. The van der Waals surface area contributed by atoms with Crippen LogP contribution in [0.1, 0.15) is 33.6 Å². The molecule has 0 radical (unpaired) electrons. The lowest BCUT2D eigenvalue weighted by atomic mass is 10.1. The van der Waals surface area contributed by atoms with Crippen molar-refractivity contribution in [3.8, 4) is 0 Å². The van der Waals surface area contributed by atoms with E-state index in [1.807, 2.05) is 0 Å². The van der Waals surface area contributed by atoms with Crippen LogP contribution in [0, 0.1) is 0 Å². The van der Waals surface area contributed by atoms with Gasteiger partial charge in [0.15, 0.2) is 0 Å². The van der Waals surface area contributed by atoms with Gasteiger partial charge in [0.25, 0.3) is 0 Å². The minimum absolute atomic E-state index is 0.248. The molecular formula is C12H26N2O. The number of nitrogens with one attached hydrogen (secondary N) is 1. The number of rotatable bonds is 4. The first kappa shape index (κ1) is 12.9. The summed E-state index contributed by atoms with van der Waals surface area (Å²) < 4.78 is 5.11. The SMILES string of the molecule is COCCCN1CC(C)(C)NCCC1C. The molecule has 3 heteroatoms. The fraction of sp³-hybridized carbons (Fsp3) is 1.00. The molecule has 0 saturated carbocycles. The summed E-state index contributed by atoms with van der Waals surface area (Å²) in [6.07, 6.45) is 2.38. The molecule has 1 N–H and O–H groups in total. The molecule has 90 valence electrons. The quantitative estimate of drug-likeness (QED) is 0.718. The van der Waals surface area contributed by atoms with Crippen LogP contribution in [0.25, 0.3) is 0 Å². The number of hydrogen-bond donors (Lipinski definition) is 1. The number of nitrogens with zero attached hydrogens (tertiary/aromatic N) is 1. The van der Waals surface area contributed by atoms with Crippen molar-refractivity contribution in [1.29, 1.82) is 0 Å². The molecule has 1 rings (SSSR count). The van der Waals surface area contributed by atoms with Crippen LogP contribution in [-0.4, -0.2) is 49.8 Å². The standard InChI is InChI=1S/C12H26N2O/c1-11-6-7-13-12(2,3)10-14(11)8-5-9-15-4/h11,13H,5-10H2,1-4H3. The molecule has 0 spiro atoms. The summed E-state index contributed by atoms with van der Waals surface area (Å²) in [5.41, 5.74) is 0.248. The second-order valence-electron chi connectivity index (χ2n) is 5.27. The molecule has 1 atom stereocenters. The van der Waals surface area contributed by atoms with E-state index < -0.39 is 0 Å². The molecular weight excluding hydrogens is 188 g/mol. The van der Waals surface area contributed by atoms with Crippen LogP contribution in [0.5, 0.6) is 0 Å².